The van der Waals surface area contributed by atoms with E-state index >= 15 is 0 Å². The van der Waals surface area contributed by atoms with E-state index < -0.39 is 10.8 Å². The maximum absolute atomic E-state index is 12.5. The molecule has 1 heterocycles. The molecule has 26 heavy (non-hydrogen) atoms. The monoisotopic (exact) mass is 373 g/mol. The van der Waals surface area contributed by atoms with Crippen LogP contribution in [-0.2, 0) is 11.2 Å². The predicted molar refractivity (Wildman–Crippen MR) is 98.8 cm³/mol. The molecule has 0 aromatic heterocycles. The van der Waals surface area contributed by atoms with E-state index in [4.69, 9.17) is 11.6 Å². The van der Waals surface area contributed by atoms with Crippen molar-refractivity contribution in [1.29, 1.82) is 0 Å². The van der Waals surface area contributed by atoms with Crippen molar-refractivity contribution in [2.45, 2.75) is 19.8 Å². The molecule has 8 heteroatoms. The second kappa shape index (κ2) is 7.13. The van der Waals surface area contributed by atoms with Gasteiger partial charge in [0.25, 0.3) is 11.6 Å². The second-order valence-electron chi connectivity index (χ2n) is 5.86. The maximum atomic E-state index is 12.5. The van der Waals surface area contributed by atoms with Crippen LogP contribution >= 0.6 is 11.6 Å². The largest absolute Gasteiger partial charge is 0.322 e. The molecule has 0 unspecified atom stereocenters. The van der Waals surface area contributed by atoms with Crippen molar-refractivity contribution in [3.8, 4) is 0 Å². The summed E-state index contributed by atoms with van der Waals surface area (Å²) in [5.41, 5.74) is 2.18. The average molecular weight is 374 g/mol. The van der Waals surface area contributed by atoms with Crippen LogP contribution in [0.4, 0.5) is 17.1 Å². The minimum absolute atomic E-state index is 0.0314. The van der Waals surface area contributed by atoms with E-state index in [1.54, 1.807) is 17.0 Å². The number of anilines is 2. The van der Waals surface area contributed by atoms with Crippen molar-refractivity contribution in [2.24, 2.45) is 0 Å². The number of carbonyl (C=O) groups is 2. The van der Waals surface area contributed by atoms with Crippen LogP contribution < -0.4 is 10.2 Å². The Balaban J connectivity index is 1.86. The highest BCUT2D eigenvalue weighted by Gasteiger charge is 2.23. The maximum Gasteiger partial charge on any atom is 0.270 e. The number of hydrogen-bond donors (Lipinski definition) is 1. The molecule has 3 rings (SSSR count). The molecule has 0 saturated heterocycles. The molecule has 1 N–H and O–H groups in total. The average Bonchev–Trinajstić information content (AvgIpc) is 2.61. The van der Waals surface area contributed by atoms with E-state index in [0.29, 0.717) is 25.1 Å². The van der Waals surface area contributed by atoms with Gasteiger partial charge in [0.05, 0.1) is 15.5 Å². The van der Waals surface area contributed by atoms with Crippen LogP contribution in [0.5, 0.6) is 0 Å². The number of rotatable bonds is 4. The molecule has 0 saturated carbocycles. The summed E-state index contributed by atoms with van der Waals surface area (Å²) in [6.45, 7) is 2.49. The summed E-state index contributed by atoms with van der Waals surface area (Å²) in [7, 11) is 0. The van der Waals surface area contributed by atoms with Gasteiger partial charge in [-0.25, -0.2) is 0 Å². The van der Waals surface area contributed by atoms with Gasteiger partial charge >= 0.3 is 0 Å². The van der Waals surface area contributed by atoms with E-state index in [1.807, 2.05) is 13.0 Å². The fourth-order valence-corrected chi connectivity index (χ4v) is 3.19. The van der Waals surface area contributed by atoms with Crippen LogP contribution in [-0.4, -0.2) is 23.3 Å². The van der Waals surface area contributed by atoms with Gasteiger partial charge in [0, 0.05) is 36.5 Å². The van der Waals surface area contributed by atoms with Gasteiger partial charge in [-0.2, -0.15) is 0 Å². The number of halogens is 1. The number of benzene rings is 2. The summed E-state index contributed by atoms with van der Waals surface area (Å²) in [5.74, 6) is -0.446. The lowest BCUT2D eigenvalue weighted by Gasteiger charge is -2.28. The minimum atomic E-state index is -0.581. The van der Waals surface area contributed by atoms with Crippen molar-refractivity contribution in [2.75, 3.05) is 16.8 Å². The van der Waals surface area contributed by atoms with E-state index in [2.05, 4.69) is 5.32 Å². The van der Waals surface area contributed by atoms with Gasteiger partial charge in [-0.1, -0.05) is 11.6 Å². The molecule has 134 valence electrons. The Labute approximate surface area is 154 Å². The fraction of sp³-hybridized carbons (Fsp3) is 0.222. The third-order valence-corrected chi connectivity index (χ3v) is 4.59. The first-order valence-electron chi connectivity index (χ1n) is 8.09. The predicted octanol–water partition coefficient (Wildman–Crippen LogP) is 3.80. The molecule has 2 aromatic carbocycles. The number of nitro benzene ring substituents is 1. The quantitative estimate of drug-likeness (QED) is 0.651. The zero-order valence-corrected chi connectivity index (χ0v) is 14.7. The fourth-order valence-electron chi connectivity index (χ4n) is 2.98. The summed E-state index contributed by atoms with van der Waals surface area (Å²) >= 11 is 6.00. The van der Waals surface area contributed by atoms with Crippen molar-refractivity contribution < 1.29 is 14.5 Å². The third-order valence-electron chi connectivity index (χ3n) is 4.26. The molecule has 0 fully saturated rings. The van der Waals surface area contributed by atoms with Gasteiger partial charge in [0.1, 0.15) is 0 Å². The van der Waals surface area contributed by atoms with Gasteiger partial charge in [0.15, 0.2) is 0 Å². The van der Waals surface area contributed by atoms with Crippen LogP contribution in [0.2, 0.25) is 5.02 Å². The van der Waals surface area contributed by atoms with Gasteiger partial charge < -0.3 is 10.2 Å². The van der Waals surface area contributed by atoms with Crippen LogP contribution in [0.1, 0.15) is 29.3 Å². The topological polar surface area (TPSA) is 92.6 Å². The molecule has 0 atom stereocenters. The van der Waals surface area contributed by atoms with Crippen LogP contribution in [0.3, 0.4) is 0 Å². The third kappa shape index (κ3) is 3.39. The summed E-state index contributed by atoms with van der Waals surface area (Å²) in [6.07, 6.45) is 1.03. The number of nitrogens with zero attached hydrogens (tertiary/aromatic N) is 2. The number of nitrogens with one attached hydrogen (secondary N) is 1. The summed E-state index contributed by atoms with van der Waals surface area (Å²) in [5, 5.41) is 13.7. The molecule has 0 radical (unpaired) electrons. The van der Waals surface area contributed by atoms with Crippen molar-refractivity contribution in [3.63, 3.8) is 0 Å². The molecule has 0 aliphatic carbocycles. The van der Waals surface area contributed by atoms with E-state index in [1.165, 1.54) is 12.1 Å². The molecule has 0 bridgehead atoms. The molecule has 1 aliphatic rings. The second-order valence-corrected chi connectivity index (χ2v) is 6.26. The molecule has 0 spiro atoms. The van der Waals surface area contributed by atoms with Crippen molar-refractivity contribution in [3.05, 3.63) is 62.7 Å². The first-order chi connectivity index (χ1) is 12.4. The highest BCUT2D eigenvalue weighted by atomic mass is 35.5. The summed E-state index contributed by atoms with van der Waals surface area (Å²) in [6, 6.07) is 9.02. The van der Waals surface area contributed by atoms with Gasteiger partial charge in [-0.05, 0) is 43.2 Å². The first kappa shape index (κ1) is 17.9. The van der Waals surface area contributed by atoms with E-state index in [9.17, 15) is 19.7 Å². The Morgan fingerprint density at radius 1 is 1.27 bits per heavy atom. The molecular formula is C18H16ClN3O4. The van der Waals surface area contributed by atoms with Crippen LogP contribution in [0.15, 0.2) is 36.4 Å². The Bertz CT molecular complexity index is 913. The SMILES string of the molecule is CCN1C(=O)CCc2cc(NC(=O)c3cc([N+](=O)[O-])ccc3Cl)ccc21. The Morgan fingerprint density at radius 2 is 2.04 bits per heavy atom. The Hall–Kier alpha value is -2.93. The molecule has 1 aliphatic heterocycles. The number of amides is 2. The van der Waals surface area contributed by atoms with Crippen LogP contribution in [0, 0.1) is 10.1 Å². The van der Waals surface area contributed by atoms with E-state index in [0.717, 1.165) is 17.3 Å². The molecular weight excluding hydrogens is 358 g/mol. The van der Waals surface area contributed by atoms with Crippen molar-refractivity contribution >= 4 is 40.5 Å². The number of nitro groups is 1. The zero-order chi connectivity index (χ0) is 18.8. The first-order valence-corrected chi connectivity index (χ1v) is 8.47. The number of hydrogen-bond acceptors (Lipinski definition) is 4. The van der Waals surface area contributed by atoms with E-state index in [-0.39, 0.29) is 22.2 Å². The normalized spacial score (nSPS) is 13.3. The highest BCUT2D eigenvalue weighted by molar-refractivity contribution is 6.34. The number of non-ortho nitro benzene ring substituents is 1. The zero-order valence-electron chi connectivity index (χ0n) is 14.0. The lowest BCUT2D eigenvalue weighted by molar-refractivity contribution is -0.384. The minimum Gasteiger partial charge on any atom is -0.322 e. The lowest BCUT2D eigenvalue weighted by atomic mass is 10.0. The number of fused-ring (bicyclic) bond motifs is 1. The number of carbonyl (C=O) groups excluding carboxylic acids is 2. The van der Waals surface area contributed by atoms with Gasteiger partial charge in [-0.3, -0.25) is 19.7 Å². The highest BCUT2D eigenvalue weighted by Crippen LogP contribution is 2.31. The lowest BCUT2D eigenvalue weighted by Crippen LogP contribution is -2.34. The standard InChI is InChI=1S/C18H16ClN3O4/c1-2-21-16-7-4-12(9-11(16)3-8-17(21)23)20-18(24)14-10-13(22(25)26)5-6-15(14)19/h4-7,9-10H,2-3,8H2,1H3,(H,20,24). The Morgan fingerprint density at radius 3 is 2.73 bits per heavy atom. The van der Waals surface area contributed by atoms with Gasteiger partial charge in [-0.15, -0.1) is 0 Å². The van der Waals surface area contributed by atoms with Gasteiger partial charge in [0.2, 0.25) is 5.91 Å². The molecule has 2 aromatic rings. The molecule has 2 amide bonds. The summed E-state index contributed by atoms with van der Waals surface area (Å²) in [4.78, 5) is 36.4. The Kier molecular flexibility index (Phi) is 4.90. The number of aryl methyl sites for hydroxylation is 1. The van der Waals surface area contributed by atoms with Crippen LogP contribution in [0.25, 0.3) is 0 Å². The summed E-state index contributed by atoms with van der Waals surface area (Å²) < 4.78 is 0. The van der Waals surface area contributed by atoms with Crippen molar-refractivity contribution in [1.82, 2.24) is 0 Å². The molecule has 7 nitrogen and oxygen atoms in total. The smallest absolute Gasteiger partial charge is 0.270 e.